The summed E-state index contributed by atoms with van der Waals surface area (Å²) in [6, 6.07) is 4.39. The number of oxazole rings is 1. The summed E-state index contributed by atoms with van der Waals surface area (Å²) in [5, 5.41) is 2.68. The molecule has 0 bridgehead atoms. The van der Waals surface area contributed by atoms with E-state index in [0.29, 0.717) is 18.0 Å². The largest absolute Gasteiger partial charge is 0.444 e. The summed E-state index contributed by atoms with van der Waals surface area (Å²) >= 11 is 0. The summed E-state index contributed by atoms with van der Waals surface area (Å²) in [6.07, 6.45) is -3.21. The van der Waals surface area contributed by atoms with Crippen LogP contribution in [0.3, 0.4) is 0 Å². The van der Waals surface area contributed by atoms with Crippen molar-refractivity contribution in [1.29, 1.82) is 0 Å². The summed E-state index contributed by atoms with van der Waals surface area (Å²) < 4.78 is 42.6. The zero-order valence-electron chi connectivity index (χ0n) is 12.1. The molecule has 1 aromatic carbocycles. The lowest BCUT2D eigenvalue weighted by Gasteiger charge is -2.06. The van der Waals surface area contributed by atoms with Gasteiger partial charge in [0, 0.05) is 12.1 Å². The minimum atomic E-state index is -4.39. The molecule has 0 saturated heterocycles. The Labute approximate surface area is 125 Å². The lowest BCUT2D eigenvalue weighted by molar-refractivity contribution is -0.137. The summed E-state index contributed by atoms with van der Waals surface area (Å²) in [4.78, 5) is 15.8. The first-order valence-corrected chi connectivity index (χ1v) is 6.68. The zero-order valence-corrected chi connectivity index (χ0v) is 12.1. The third-order valence-corrected chi connectivity index (χ3v) is 2.87. The van der Waals surface area contributed by atoms with Crippen molar-refractivity contribution in [2.24, 2.45) is 5.92 Å². The fraction of sp³-hybridized carbons (Fsp3) is 0.333. The number of amides is 1. The van der Waals surface area contributed by atoms with E-state index in [1.54, 1.807) is 0 Å². The van der Waals surface area contributed by atoms with Crippen LogP contribution in [0.5, 0.6) is 0 Å². The highest BCUT2D eigenvalue weighted by molar-refractivity contribution is 5.92. The maximum absolute atomic E-state index is 12.5. The fourth-order valence-electron chi connectivity index (χ4n) is 1.70. The van der Waals surface area contributed by atoms with Crippen LogP contribution in [-0.2, 0) is 6.18 Å². The molecule has 0 fully saturated rings. The molecule has 22 heavy (non-hydrogen) atoms. The monoisotopic (exact) mass is 312 g/mol. The molecule has 2 aromatic rings. The van der Waals surface area contributed by atoms with E-state index >= 15 is 0 Å². The van der Waals surface area contributed by atoms with Gasteiger partial charge in [-0.25, -0.2) is 4.98 Å². The van der Waals surface area contributed by atoms with E-state index in [1.165, 1.54) is 18.4 Å². The third-order valence-electron chi connectivity index (χ3n) is 2.87. The van der Waals surface area contributed by atoms with Gasteiger partial charge in [-0.3, -0.25) is 4.79 Å². The molecule has 7 heteroatoms. The Balaban J connectivity index is 2.13. The predicted octanol–water partition coefficient (Wildman–Crippen LogP) is 3.75. The quantitative estimate of drug-likeness (QED) is 0.935. The normalized spacial score (nSPS) is 11.7. The Bertz CT molecular complexity index is 646. The van der Waals surface area contributed by atoms with Crippen LogP contribution in [-0.4, -0.2) is 17.4 Å². The van der Waals surface area contributed by atoms with E-state index in [2.05, 4.69) is 10.3 Å². The van der Waals surface area contributed by atoms with Crippen molar-refractivity contribution in [2.75, 3.05) is 6.54 Å². The minimum absolute atomic E-state index is 0.0931. The van der Waals surface area contributed by atoms with Gasteiger partial charge in [0.2, 0.25) is 5.89 Å². The number of halogens is 3. The predicted molar refractivity (Wildman–Crippen MR) is 74.1 cm³/mol. The standard InChI is InChI=1S/C15H15F3N2O2/c1-9(2)7-19-13(21)12-8-22-14(20-12)10-3-5-11(6-4-10)15(16,17)18/h3-6,8-9H,7H2,1-2H3,(H,19,21). The van der Waals surface area contributed by atoms with Gasteiger partial charge in [-0.15, -0.1) is 0 Å². The first kappa shape index (κ1) is 16.1. The maximum atomic E-state index is 12.5. The lowest BCUT2D eigenvalue weighted by Crippen LogP contribution is -2.27. The van der Waals surface area contributed by atoms with Gasteiger partial charge in [-0.05, 0) is 30.2 Å². The average molecular weight is 312 g/mol. The molecule has 1 aromatic heterocycles. The van der Waals surface area contributed by atoms with E-state index in [0.717, 1.165) is 12.1 Å². The summed E-state index contributed by atoms with van der Waals surface area (Å²) in [7, 11) is 0. The van der Waals surface area contributed by atoms with Crippen LogP contribution in [0.15, 0.2) is 34.9 Å². The van der Waals surface area contributed by atoms with E-state index in [9.17, 15) is 18.0 Å². The first-order valence-electron chi connectivity index (χ1n) is 6.68. The van der Waals surface area contributed by atoms with E-state index < -0.39 is 11.7 Å². The van der Waals surface area contributed by atoms with Crippen LogP contribution in [0.2, 0.25) is 0 Å². The van der Waals surface area contributed by atoms with Crippen molar-refractivity contribution in [1.82, 2.24) is 10.3 Å². The smallest absolute Gasteiger partial charge is 0.416 e. The molecule has 1 N–H and O–H groups in total. The van der Waals surface area contributed by atoms with Crippen LogP contribution in [0.4, 0.5) is 13.2 Å². The van der Waals surface area contributed by atoms with Gasteiger partial charge in [0.05, 0.1) is 5.56 Å². The van der Waals surface area contributed by atoms with Crippen molar-refractivity contribution >= 4 is 5.91 Å². The highest BCUT2D eigenvalue weighted by Crippen LogP contribution is 2.30. The zero-order chi connectivity index (χ0) is 16.3. The van der Waals surface area contributed by atoms with Crippen LogP contribution in [0, 0.1) is 5.92 Å². The number of alkyl halides is 3. The highest BCUT2D eigenvalue weighted by atomic mass is 19.4. The summed E-state index contributed by atoms with van der Waals surface area (Å²) in [6.45, 7) is 4.41. The number of carbonyl (C=O) groups is 1. The van der Waals surface area contributed by atoms with Gasteiger partial charge in [-0.2, -0.15) is 13.2 Å². The Morgan fingerprint density at radius 1 is 1.27 bits per heavy atom. The first-order chi connectivity index (χ1) is 10.3. The summed E-state index contributed by atoms with van der Waals surface area (Å²) in [5.41, 5.74) is -0.288. The second-order valence-corrected chi connectivity index (χ2v) is 5.22. The van der Waals surface area contributed by atoms with Crippen molar-refractivity contribution in [3.8, 4) is 11.5 Å². The van der Waals surface area contributed by atoms with Crippen molar-refractivity contribution in [3.63, 3.8) is 0 Å². The average Bonchev–Trinajstić information content (AvgIpc) is 2.93. The number of benzene rings is 1. The van der Waals surface area contributed by atoms with Crippen molar-refractivity contribution in [3.05, 3.63) is 41.8 Å². The topological polar surface area (TPSA) is 55.1 Å². The molecule has 0 unspecified atom stereocenters. The third kappa shape index (κ3) is 3.87. The molecule has 0 aliphatic carbocycles. The van der Waals surface area contributed by atoms with Crippen molar-refractivity contribution in [2.45, 2.75) is 20.0 Å². The number of rotatable bonds is 4. The molecular weight excluding hydrogens is 297 g/mol. The fourth-order valence-corrected chi connectivity index (χ4v) is 1.70. The molecule has 1 amide bonds. The Morgan fingerprint density at radius 2 is 1.91 bits per heavy atom. The van der Waals surface area contributed by atoms with Crippen molar-refractivity contribution < 1.29 is 22.4 Å². The molecule has 0 spiro atoms. The molecule has 0 radical (unpaired) electrons. The Hall–Kier alpha value is -2.31. The highest BCUT2D eigenvalue weighted by Gasteiger charge is 2.30. The minimum Gasteiger partial charge on any atom is -0.444 e. The Kier molecular flexibility index (Phi) is 4.54. The van der Waals surface area contributed by atoms with Crippen LogP contribution in [0.25, 0.3) is 11.5 Å². The number of carbonyl (C=O) groups excluding carboxylic acids is 1. The SMILES string of the molecule is CC(C)CNC(=O)c1coc(-c2ccc(C(F)(F)F)cc2)n1. The molecule has 0 aliphatic rings. The van der Waals surface area contributed by atoms with E-state index in [4.69, 9.17) is 4.42 Å². The second-order valence-electron chi connectivity index (χ2n) is 5.22. The molecule has 2 rings (SSSR count). The molecule has 0 atom stereocenters. The van der Waals surface area contributed by atoms with Gasteiger partial charge in [-0.1, -0.05) is 13.8 Å². The molecular formula is C15H15F3N2O2. The second kappa shape index (κ2) is 6.21. The maximum Gasteiger partial charge on any atom is 0.416 e. The molecule has 0 aliphatic heterocycles. The number of nitrogens with zero attached hydrogens (tertiary/aromatic N) is 1. The number of aromatic nitrogens is 1. The van der Waals surface area contributed by atoms with E-state index in [1.807, 2.05) is 13.8 Å². The number of nitrogens with one attached hydrogen (secondary N) is 1. The molecule has 4 nitrogen and oxygen atoms in total. The van der Waals surface area contributed by atoms with Gasteiger partial charge < -0.3 is 9.73 Å². The van der Waals surface area contributed by atoms with Crippen LogP contribution in [0.1, 0.15) is 29.9 Å². The van der Waals surface area contributed by atoms with E-state index in [-0.39, 0.29) is 17.5 Å². The van der Waals surface area contributed by atoms with Gasteiger partial charge in [0.1, 0.15) is 6.26 Å². The van der Waals surface area contributed by atoms with Crippen LogP contribution >= 0.6 is 0 Å². The van der Waals surface area contributed by atoms with Gasteiger partial charge in [0.15, 0.2) is 5.69 Å². The van der Waals surface area contributed by atoms with Gasteiger partial charge in [0.25, 0.3) is 5.91 Å². The van der Waals surface area contributed by atoms with Crippen LogP contribution < -0.4 is 5.32 Å². The van der Waals surface area contributed by atoms with Gasteiger partial charge >= 0.3 is 6.18 Å². The molecule has 118 valence electrons. The summed E-state index contributed by atoms with van der Waals surface area (Å²) in [5.74, 6) is 0.0178. The lowest BCUT2D eigenvalue weighted by atomic mass is 10.1. The number of hydrogen-bond donors (Lipinski definition) is 1. The molecule has 0 saturated carbocycles. The number of hydrogen-bond acceptors (Lipinski definition) is 3. The molecule has 1 heterocycles. The Morgan fingerprint density at radius 3 is 2.45 bits per heavy atom.